The molecule has 2 rings (SSSR count). The Balaban J connectivity index is 2.82. The first-order chi connectivity index (χ1) is 8.06. The molecule has 0 aliphatic rings. The third-order valence-corrected chi connectivity index (χ3v) is 2.50. The second-order valence-corrected chi connectivity index (χ2v) is 3.56. The number of hydrogen-bond donors (Lipinski definition) is 1. The van der Waals surface area contributed by atoms with Crippen LogP contribution in [0, 0.1) is 10.1 Å². The van der Waals surface area contributed by atoms with Gasteiger partial charge in [0.05, 0.1) is 18.1 Å². The minimum atomic E-state index is -0.774. The minimum Gasteiger partial charge on any atom is -0.494 e. The van der Waals surface area contributed by atoms with Crippen molar-refractivity contribution in [2.75, 3.05) is 7.11 Å². The molecule has 0 saturated carbocycles. The third kappa shape index (κ3) is 1.70. The van der Waals surface area contributed by atoms with E-state index in [9.17, 15) is 15.2 Å². The topological polar surface area (TPSA) is 89.9 Å². The number of rotatable bonds is 3. The van der Waals surface area contributed by atoms with Gasteiger partial charge in [-0.2, -0.15) is 5.10 Å². The third-order valence-electron chi connectivity index (χ3n) is 2.50. The molecule has 2 aromatic heterocycles. The van der Waals surface area contributed by atoms with E-state index in [1.165, 1.54) is 11.6 Å². The summed E-state index contributed by atoms with van der Waals surface area (Å²) < 4.78 is 6.49. The summed E-state index contributed by atoms with van der Waals surface area (Å²) in [5.74, 6) is 0.270. The van der Waals surface area contributed by atoms with E-state index < -0.39 is 11.0 Å². The Morgan fingerprint density at radius 3 is 2.88 bits per heavy atom. The molecule has 17 heavy (non-hydrogen) atoms. The van der Waals surface area contributed by atoms with E-state index in [0.29, 0.717) is 5.56 Å². The SMILES string of the molecule is COc1c(C(C)O)ccn2ncc([N+](=O)[O-])c12. The molecular weight excluding hydrogens is 226 g/mol. The molecule has 0 spiro atoms. The van der Waals surface area contributed by atoms with Gasteiger partial charge >= 0.3 is 5.69 Å². The van der Waals surface area contributed by atoms with Crippen molar-refractivity contribution in [2.45, 2.75) is 13.0 Å². The Morgan fingerprint density at radius 1 is 1.65 bits per heavy atom. The second-order valence-electron chi connectivity index (χ2n) is 3.56. The maximum Gasteiger partial charge on any atom is 0.318 e. The van der Waals surface area contributed by atoms with Crippen LogP contribution < -0.4 is 4.74 Å². The molecule has 0 aliphatic carbocycles. The van der Waals surface area contributed by atoms with Crippen LogP contribution in [-0.2, 0) is 0 Å². The maximum absolute atomic E-state index is 10.9. The number of methoxy groups -OCH3 is 1. The van der Waals surface area contributed by atoms with E-state index in [1.807, 2.05) is 0 Å². The fraction of sp³-hybridized carbons (Fsp3) is 0.300. The highest BCUT2D eigenvalue weighted by molar-refractivity contribution is 5.74. The smallest absolute Gasteiger partial charge is 0.318 e. The summed E-state index contributed by atoms with van der Waals surface area (Å²) in [7, 11) is 1.40. The summed E-state index contributed by atoms with van der Waals surface area (Å²) in [6.45, 7) is 1.57. The highest BCUT2D eigenvalue weighted by Crippen LogP contribution is 2.34. The number of fused-ring (bicyclic) bond motifs is 1. The van der Waals surface area contributed by atoms with Crippen LogP contribution in [0.3, 0.4) is 0 Å². The highest BCUT2D eigenvalue weighted by Gasteiger charge is 2.22. The van der Waals surface area contributed by atoms with Crippen LogP contribution in [0.1, 0.15) is 18.6 Å². The normalized spacial score (nSPS) is 12.6. The number of aliphatic hydroxyl groups is 1. The van der Waals surface area contributed by atoms with Crippen molar-refractivity contribution in [3.8, 4) is 5.75 Å². The van der Waals surface area contributed by atoms with E-state index in [2.05, 4.69) is 5.10 Å². The van der Waals surface area contributed by atoms with Crippen LogP contribution in [0.2, 0.25) is 0 Å². The number of aromatic nitrogens is 2. The van der Waals surface area contributed by atoms with Gasteiger partial charge in [-0.1, -0.05) is 0 Å². The van der Waals surface area contributed by atoms with E-state index in [1.54, 1.807) is 19.2 Å². The Bertz CT molecular complexity index is 576. The van der Waals surface area contributed by atoms with Gasteiger partial charge < -0.3 is 9.84 Å². The summed E-state index contributed by atoms with van der Waals surface area (Å²) in [6.07, 6.45) is 1.93. The van der Waals surface area contributed by atoms with Gasteiger partial charge in [0.1, 0.15) is 6.20 Å². The summed E-state index contributed by atoms with van der Waals surface area (Å²) in [5.41, 5.74) is 0.587. The van der Waals surface area contributed by atoms with Gasteiger partial charge in [0.25, 0.3) is 0 Å². The standard InChI is InChI=1S/C10H11N3O4/c1-6(14)7-3-4-12-9(10(7)17-2)8(5-11-12)13(15)16/h3-6,14H,1-2H3. The molecule has 2 heterocycles. The van der Waals surface area contributed by atoms with Crippen LogP contribution in [0.5, 0.6) is 5.75 Å². The lowest BCUT2D eigenvalue weighted by atomic mass is 10.1. The minimum absolute atomic E-state index is 0.149. The zero-order chi connectivity index (χ0) is 12.6. The van der Waals surface area contributed by atoms with Crippen molar-refractivity contribution in [2.24, 2.45) is 0 Å². The van der Waals surface area contributed by atoms with Crippen molar-refractivity contribution in [3.63, 3.8) is 0 Å². The molecule has 0 aromatic carbocycles. The lowest BCUT2D eigenvalue weighted by molar-refractivity contribution is -0.383. The molecule has 0 saturated heterocycles. The lowest BCUT2D eigenvalue weighted by Gasteiger charge is -2.11. The molecule has 0 bridgehead atoms. The van der Waals surface area contributed by atoms with Crippen LogP contribution in [-0.4, -0.2) is 26.8 Å². The molecule has 1 atom stereocenters. The second kappa shape index (κ2) is 4.02. The number of hydrogen-bond acceptors (Lipinski definition) is 5. The Hall–Kier alpha value is -2.15. The fourth-order valence-corrected chi connectivity index (χ4v) is 1.73. The predicted molar refractivity (Wildman–Crippen MR) is 59.0 cm³/mol. The first-order valence-corrected chi connectivity index (χ1v) is 4.93. The van der Waals surface area contributed by atoms with Crippen molar-refractivity contribution in [3.05, 3.63) is 34.1 Å². The summed E-state index contributed by atoms with van der Waals surface area (Å²) in [5, 5.41) is 24.3. The monoisotopic (exact) mass is 237 g/mol. The number of nitrogens with zero attached hydrogens (tertiary/aromatic N) is 3. The molecular formula is C10H11N3O4. The average molecular weight is 237 g/mol. The first-order valence-electron chi connectivity index (χ1n) is 4.93. The molecule has 1 unspecified atom stereocenters. The van der Waals surface area contributed by atoms with Gasteiger partial charge in [0.15, 0.2) is 11.3 Å². The maximum atomic E-state index is 10.9. The fourth-order valence-electron chi connectivity index (χ4n) is 1.73. The van der Waals surface area contributed by atoms with Gasteiger partial charge in [0.2, 0.25) is 0 Å². The van der Waals surface area contributed by atoms with Crippen molar-refractivity contribution >= 4 is 11.2 Å². The Kier molecular flexibility index (Phi) is 2.68. The van der Waals surface area contributed by atoms with Crippen LogP contribution in [0.4, 0.5) is 5.69 Å². The molecule has 0 radical (unpaired) electrons. The Labute approximate surface area is 96.4 Å². The molecule has 1 N–H and O–H groups in total. The summed E-state index contributed by atoms with van der Waals surface area (Å²) in [4.78, 5) is 10.3. The van der Waals surface area contributed by atoms with E-state index in [4.69, 9.17) is 4.74 Å². The highest BCUT2D eigenvalue weighted by atomic mass is 16.6. The zero-order valence-electron chi connectivity index (χ0n) is 9.32. The van der Waals surface area contributed by atoms with E-state index in [-0.39, 0.29) is 17.0 Å². The molecule has 90 valence electrons. The number of ether oxygens (including phenoxy) is 1. The Morgan fingerprint density at radius 2 is 2.35 bits per heavy atom. The van der Waals surface area contributed by atoms with Crippen molar-refractivity contribution in [1.29, 1.82) is 0 Å². The molecule has 0 fully saturated rings. The molecule has 7 nitrogen and oxygen atoms in total. The number of pyridine rings is 1. The van der Waals surface area contributed by atoms with Gasteiger partial charge in [-0.05, 0) is 13.0 Å². The van der Waals surface area contributed by atoms with Crippen molar-refractivity contribution in [1.82, 2.24) is 9.61 Å². The molecule has 0 amide bonds. The molecule has 0 aliphatic heterocycles. The van der Waals surface area contributed by atoms with Gasteiger partial charge in [-0.15, -0.1) is 0 Å². The van der Waals surface area contributed by atoms with Crippen LogP contribution >= 0.6 is 0 Å². The largest absolute Gasteiger partial charge is 0.494 e. The number of aliphatic hydroxyl groups excluding tert-OH is 1. The van der Waals surface area contributed by atoms with Crippen LogP contribution in [0.15, 0.2) is 18.5 Å². The first kappa shape index (κ1) is 11.3. The van der Waals surface area contributed by atoms with Crippen molar-refractivity contribution < 1.29 is 14.8 Å². The molecule has 2 aromatic rings. The van der Waals surface area contributed by atoms with Crippen LogP contribution in [0.25, 0.3) is 5.52 Å². The van der Waals surface area contributed by atoms with Gasteiger partial charge in [0, 0.05) is 11.8 Å². The summed E-state index contributed by atoms with van der Waals surface area (Å²) in [6, 6.07) is 1.62. The van der Waals surface area contributed by atoms with E-state index >= 15 is 0 Å². The van der Waals surface area contributed by atoms with Gasteiger partial charge in [-0.3, -0.25) is 10.1 Å². The number of nitro groups is 1. The van der Waals surface area contributed by atoms with Gasteiger partial charge in [-0.25, -0.2) is 4.52 Å². The van der Waals surface area contributed by atoms with E-state index in [0.717, 1.165) is 6.20 Å². The quantitative estimate of drug-likeness (QED) is 0.642. The summed E-state index contributed by atoms with van der Waals surface area (Å²) >= 11 is 0. The molecule has 7 heteroatoms. The lowest BCUT2D eigenvalue weighted by Crippen LogP contribution is -2.01. The predicted octanol–water partition coefficient (Wildman–Crippen LogP) is 1.30. The zero-order valence-corrected chi connectivity index (χ0v) is 9.32. The average Bonchev–Trinajstić information content (AvgIpc) is 2.70.